The summed E-state index contributed by atoms with van der Waals surface area (Å²) in [5.41, 5.74) is 11.5. The summed E-state index contributed by atoms with van der Waals surface area (Å²) in [6.45, 7) is 0. The average Bonchev–Trinajstić information content (AvgIpc) is 3.92. The van der Waals surface area contributed by atoms with E-state index in [9.17, 15) is 0 Å². The number of allylic oxidation sites excluding steroid dienone is 3. The van der Waals surface area contributed by atoms with Crippen LogP contribution in [-0.4, -0.2) is 20.6 Å². The van der Waals surface area contributed by atoms with Gasteiger partial charge in [-0.05, 0) is 142 Å². The van der Waals surface area contributed by atoms with Gasteiger partial charge in [-0.15, -0.1) is 0 Å². The van der Waals surface area contributed by atoms with Crippen molar-refractivity contribution in [3.05, 3.63) is 217 Å². The summed E-state index contributed by atoms with van der Waals surface area (Å²) in [5, 5.41) is 18.9. The highest BCUT2D eigenvalue weighted by Gasteiger charge is 2.42. The molecule has 2 aliphatic carbocycles. The van der Waals surface area contributed by atoms with Gasteiger partial charge in [0.25, 0.3) is 0 Å². The van der Waals surface area contributed by atoms with Gasteiger partial charge < -0.3 is 9.47 Å². The van der Waals surface area contributed by atoms with E-state index in [0.29, 0.717) is 5.95 Å². The van der Waals surface area contributed by atoms with E-state index >= 15 is 0 Å². The van der Waals surface area contributed by atoms with Gasteiger partial charge in [-0.25, -0.2) is 9.97 Å². The number of benzene rings is 11. The standard InChI is InChI=1S/C64H40N4/c1-2-10-42-35-49(28-27-37(42)9-1)67-56-18-6-4-16-52(56)62-57(67)30-29-51-50-15-3-5-17-55(50)68(63(51)62)64-65-53(47-31-43-23-19-38-11-7-12-39-20-24-44(32-47)60(43)58(38)39)36-54(66-64)48-33-45-25-21-40-13-8-14-41-22-26-46(34-48)61(45)59(40)41/h1-5,7-17,19-36,50,55H,6,18H2. The van der Waals surface area contributed by atoms with Crippen LogP contribution in [0.15, 0.2) is 200 Å². The highest BCUT2D eigenvalue weighted by molar-refractivity contribution is 6.25. The molecular formula is C64H40N4. The second-order valence-corrected chi connectivity index (χ2v) is 19.2. The second kappa shape index (κ2) is 13.5. The molecule has 4 heteroatoms. The lowest BCUT2D eigenvalue weighted by atomic mass is 9.90. The van der Waals surface area contributed by atoms with E-state index in [-0.39, 0.29) is 12.0 Å². The first kappa shape index (κ1) is 36.6. The van der Waals surface area contributed by atoms with Crippen LogP contribution in [0.4, 0.5) is 11.6 Å². The number of anilines is 2. The lowest BCUT2D eigenvalue weighted by molar-refractivity contribution is 0.730. The van der Waals surface area contributed by atoms with Crippen molar-refractivity contribution >= 4 is 104 Å². The molecule has 4 nitrogen and oxygen atoms in total. The van der Waals surface area contributed by atoms with E-state index in [1.165, 1.54) is 115 Å². The molecule has 0 radical (unpaired) electrons. The minimum Gasteiger partial charge on any atom is -0.313 e. The number of fused-ring (bicyclic) bond motifs is 8. The molecule has 2 atom stereocenters. The van der Waals surface area contributed by atoms with Crippen LogP contribution in [0.25, 0.3) is 121 Å². The molecule has 0 saturated carbocycles. The minimum absolute atomic E-state index is 0.00750. The maximum atomic E-state index is 5.73. The minimum atomic E-state index is -0.00750. The average molecular weight is 865 g/mol. The predicted octanol–water partition coefficient (Wildman–Crippen LogP) is 16.4. The van der Waals surface area contributed by atoms with Crippen LogP contribution >= 0.6 is 0 Å². The fourth-order valence-electron chi connectivity index (χ4n) is 12.6. The lowest BCUT2D eigenvalue weighted by Gasteiger charge is -2.28. The number of rotatable bonds is 4. The molecule has 16 rings (SSSR count). The number of hydrogen-bond acceptors (Lipinski definition) is 3. The van der Waals surface area contributed by atoms with Crippen molar-refractivity contribution in [2.75, 3.05) is 4.90 Å². The first-order valence-electron chi connectivity index (χ1n) is 23.9. The summed E-state index contributed by atoms with van der Waals surface area (Å²) in [5.74, 6) is 0.846. The molecule has 2 aromatic heterocycles. The van der Waals surface area contributed by atoms with E-state index in [2.05, 4.69) is 216 Å². The molecule has 2 unspecified atom stereocenters. The van der Waals surface area contributed by atoms with Crippen molar-refractivity contribution in [3.8, 4) is 28.2 Å². The van der Waals surface area contributed by atoms with E-state index in [0.717, 1.165) is 35.4 Å². The third kappa shape index (κ3) is 5.04. The molecule has 13 aromatic rings. The van der Waals surface area contributed by atoms with Gasteiger partial charge >= 0.3 is 0 Å². The van der Waals surface area contributed by atoms with Crippen LogP contribution in [0.3, 0.4) is 0 Å². The Kier molecular flexibility index (Phi) is 7.26. The monoisotopic (exact) mass is 864 g/mol. The van der Waals surface area contributed by atoms with Gasteiger partial charge in [0.15, 0.2) is 0 Å². The Hall–Kier alpha value is -8.60. The third-order valence-electron chi connectivity index (χ3n) is 15.6. The highest BCUT2D eigenvalue weighted by atomic mass is 15.3. The molecule has 316 valence electrons. The normalized spacial score (nSPS) is 16.5. The quantitative estimate of drug-likeness (QED) is 0.165. The third-order valence-corrected chi connectivity index (χ3v) is 15.6. The van der Waals surface area contributed by atoms with Crippen LogP contribution in [-0.2, 0) is 6.42 Å². The molecule has 3 aliphatic rings. The van der Waals surface area contributed by atoms with Gasteiger partial charge in [-0.1, -0.05) is 158 Å². The topological polar surface area (TPSA) is 34.0 Å². The second-order valence-electron chi connectivity index (χ2n) is 19.2. The van der Waals surface area contributed by atoms with Crippen molar-refractivity contribution in [1.29, 1.82) is 0 Å². The SMILES string of the molecule is C1=CC2c3ccc4c(c5c(n4-c4ccc6ccccc6c4)CCC=C5)c3N(c3nc(-c4cc5ccc6cccc7ccc(c4)c5c67)cc(-c4cc5ccc6cccc7ccc(c4)c5c67)n3)C2C=C1. The van der Waals surface area contributed by atoms with Gasteiger partial charge in [-0.3, -0.25) is 0 Å². The number of nitrogens with zero attached hydrogens (tertiary/aromatic N) is 4. The maximum Gasteiger partial charge on any atom is 0.231 e. The molecule has 0 fully saturated rings. The smallest absolute Gasteiger partial charge is 0.231 e. The maximum absolute atomic E-state index is 5.73. The van der Waals surface area contributed by atoms with Gasteiger partial charge in [0.1, 0.15) is 0 Å². The van der Waals surface area contributed by atoms with Gasteiger partial charge in [-0.2, -0.15) is 0 Å². The summed E-state index contributed by atoms with van der Waals surface area (Å²) in [6.07, 6.45) is 15.9. The van der Waals surface area contributed by atoms with Crippen LogP contribution in [0, 0.1) is 0 Å². The fourth-order valence-corrected chi connectivity index (χ4v) is 12.6. The Labute approximate surface area is 391 Å². The van der Waals surface area contributed by atoms with E-state index in [4.69, 9.17) is 9.97 Å². The van der Waals surface area contributed by atoms with Crippen LogP contribution < -0.4 is 4.90 Å². The van der Waals surface area contributed by atoms with Crippen molar-refractivity contribution in [1.82, 2.24) is 14.5 Å². The molecule has 0 N–H and O–H groups in total. The Bertz CT molecular complexity index is 4120. The zero-order valence-corrected chi connectivity index (χ0v) is 37.0. The Morgan fingerprint density at radius 1 is 0.456 bits per heavy atom. The molecule has 0 saturated heterocycles. The first-order valence-corrected chi connectivity index (χ1v) is 23.9. The van der Waals surface area contributed by atoms with Gasteiger partial charge in [0.2, 0.25) is 5.95 Å². The molecular weight excluding hydrogens is 825 g/mol. The number of hydrogen-bond donors (Lipinski definition) is 0. The Balaban J connectivity index is 0.970. The van der Waals surface area contributed by atoms with Crippen LogP contribution in [0.5, 0.6) is 0 Å². The molecule has 0 amide bonds. The van der Waals surface area contributed by atoms with Crippen molar-refractivity contribution in [2.45, 2.75) is 24.8 Å². The van der Waals surface area contributed by atoms with E-state index in [1.807, 2.05) is 0 Å². The van der Waals surface area contributed by atoms with Crippen LogP contribution in [0.1, 0.15) is 29.2 Å². The summed E-state index contributed by atoms with van der Waals surface area (Å²) >= 11 is 0. The van der Waals surface area contributed by atoms with Gasteiger partial charge in [0.05, 0.1) is 28.6 Å². The molecule has 0 spiro atoms. The first-order chi connectivity index (χ1) is 33.7. The summed E-state index contributed by atoms with van der Waals surface area (Å²) in [7, 11) is 0. The van der Waals surface area contributed by atoms with Crippen molar-refractivity contribution < 1.29 is 0 Å². The molecule has 11 aromatic carbocycles. The highest BCUT2D eigenvalue weighted by Crippen LogP contribution is 2.53. The molecule has 1 aliphatic heterocycles. The van der Waals surface area contributed by atoms with E-state index in [1.54, 1.807) is 0 Å². The largest absolute Gasteiger partial charge is 0.313 e. The summed E-state index contributed by atoms with van der Waals surface area (Å²) < 4.78 is 2.53. The molecule has 0 bridgehead atoms. The van der Waals surface area contributed by atoms with Crippen molar-refractivity contribution in [3.63, 3.8) is 0 Å². The van der Waals surface area contributed by atoms with Crippen LogP contribution in [0.2, 0.25) is 0 Å². The summed E-state index contributed by atoms with van der Waals surface area (Å²) in [6, 6.07) is 63.4. The molecule has 3 heterocycles. The fraction of sp³-hybridized carbons (Fsp3) is 0.0625. The lowest BCUT2D eigenvalue weighted by Crippen LogP contribution is -2.30. The predicted molar refractivity (Wildman–Crippen MR) is 285 cm³/mol. The zero-order chi connectivity index (χ0) is 44.2. The van der Waals surface area contributed by atoms with Crippen molar-refractivity contribution in [2.24, 2.45) is 0 Å². The van der Waals surface area contributed by atoms with Gasteiger partial charge in [0, 0.05) is 39.4 Å². The summed E-state index contributed by atoms with van der Waals surface area (Å²) in [4.78, 5) is 13.9. The zero-order valence-electron chi connectivity index (χ0n) is 37.0. The Morgan fingerprint density at radius 3 is 1.63 bits per heavy atom. The Morgan fingerprint density at radius 2 is 1.00 bits per heavy atom. The van der Waals surface area contributed by atoms with E-state index < -0.39 is 0 Å². The number of aromatic nitrogens is 3. The molecule has 68 heavy (non-hydrogen) atoms.